The molecule has 0 amide bonds. The lowest BCUT2D eigenvalue weighted by Gasteiger charge is -2.44. The van der Waals surface area contributed by atoms with Gasteiger partial charge in [0.1, 0.15) is 43.2 Å². The summed E-state index contributed by atoms with van der Waals surface area (Å²) in [4.78, 5) is 73.2. The Labute approximate surface area is 398 Å². The van der Waals surface area contributed by atoms with Crippen molar-refractivity contribution in [3.63, 3.8) is 0 Å². The molecule has 1 aliphatic carbocycles. The van der Waals surface area contributed by atoms with Gasteiger partial charge >= 0.3 is 35.4 Å². The first-order valence-electron chi connectivity index (χ1n) is 24.3. The first kappa shape index (κ1) is 63.4. The van der Waals surface area contributed by atoms with E-state index >= 15 is 0 Å². The van der Waals surface area contributed by atoms with Crippen molar-refractivity contribution in [3.05, 3.63) is 36.5 Å². The second-order valence-corrected chi connectivity index (χ2v) is 20.8. The summed E-state index contributed by atoms with van der Waals surface area (Å²) in [6.45, 7) is 2.89. The van der Waals surface area contributed by atoms with Crippen molar-refractivity contribution in [2.24, 2.45) is 0 Å². The third-order valence-electron chi connectivity index (χ3n) is 10.9. The topological polar surface area (TPSA) is 303 Å². The molecule has 0 aromatic heterocycles. The molecule has 1 aliphatic rings. The molecule has 22 heteroatoms. The lowest BCUT2D eigenvalue weighted by molar-refractivity contribution is -0.213. The van der Waals surface area contributed by atoms with Gasteiger partial charge in [-0.3, -0.25) is 27.7 Å². The predicted molar refractivity (Wildman–Crippen MR) is 252 cm³/mol. The van der Waals surface area contributed by atoms with Crippen LogP contribution in [-0.2, 0) is 50.9 Å². The quantitative estimate of drug-likeness (QED) is 0.0123. The molecule has 0 bridgehead atoms. The average Bonchev–Trinajstić information content (AvgIpc) is 3.25. The maximum absolute atomic E-state index is 13.1. The highest BCUT2D eigenvalue weighted by molar-refractivity contribution is 7.47. The number of aliphatic hydroxyl groups is 3. The summed E-state index contributed by atoms with van der Waals surface area (Å²) in [7, 11) is -16.6. The highest BCUT2D eigenvalue weighted by atomic mass is 31.2. The van der Waals surface area contributed by atoms with Crippen LogP contribution in [0.1, 0.15) is 181 Å². The van der Waals surface area contributed by atoms with Crippen LogP contribution in [0.3, 0.4) is 0 Å². The molecule has 392 valence electrons. The summed E-state index contributed by atoms with van der Waals surface area (Å²) in [5, 5.41) is 31.9. The molecular formula is C45H83O19P3. The third kappa shape index (κ3) is 33.6. The van der Waals surface area contributed by atoms with Crippen molar-refractivity contribution in [2.45, 2.75) is 224 Å². The van der Waals surface area contributed by atoms with Crippen molar-refractivity contribution in [1.82, 2.24) is 0 Å². The molecule has 0 aliphatic heterocycles. The van der Waals surface area contributed by atoms with Crippen molar-refractivity contribution in [3.8, 4) is 0 Å². The number of allylic oxidation sites excluding steroid dienone is 6. The third-order valence-corrected chi connectivity index (χ3v) is 12.9. The van der Waals surface area contributed by atoms with Crippen LogP contribution in [0.25, 0.3) is 0 Å². The van der Waals surface area contributed by atoms with Crippen molar-refractivity contribution in [1.29, 1.82) is 0 Å². The molecule has 1 saturated carbocycles. The fourth-order valence-electron chi connectivity index (χ4n) is 7.25. The molecule has 0 heterocycles. The average molecular weight is 1020 g/mol. The number of ether oxygens (including phenoxy) is 2. The van der Waals surface area contributed by atoms with E-state index in [2.05, 4.69) is 59.4 Å². The smallest absolute Gasteiger partial charge is 0.462 e. The number of rotatable bonds is 41. The summed E-state index contributed by atoms with van der Waals surface area (Å²) in [6.07, 6.45) is 21.6. The van der Waals surface area contributed by atoms with E-state index in [1.807, 2.05) is 0 Å². The summed E-state index contributed by atoms with van der Waals surface area (Å²) in [5.74, 6) is -1.32. The van der Waals surface area contributed by atoms with Crippen LogP contribution < -0.4 is 0 Å². The Morgan fingerprint density at radius 2 is 0.866 bits per heavy atom. The zero-order valence-corrected chi connectivity index (χ0v) is 42.4. The van der Waals surface area contributed by atoms with E-state index < -0.39 is 91.3 Å². The van der Waals surface area contributed by atoms with Crippen LogP contribution in [0.2, 0.25) is 0 Å². The first-order valence-corrected chi connectivity index (χ1v) is 28.8. The Balaban J connectivity index is 2.74. The van der Waals surface area contributed by atoms with E-state index in [1.54, 1.807) is 0 Å². The number of carbonyl (C=O) groups excluding carboxylic acids is 2. The molecule has 0 aromatic rings. The second-order valence-electron chi connectivity index (χ2n) is 17.0. The van der Waals surface area contributed by atoms with E-state index in [0.717, 1.165) is 96.3 Å². The number of carbonyl (C=O) groups is 2. The zero-order valence-electron chi connectivity index (χ0n) is 39.7. The van der Waals surface area contributed by atoms with Gasteiger partial charge in [-0.05, 0) is 70.6 Å². The molecule has 0 aromatic carbocycles. The molecule has 8 atom stereocenters. The molecular weight excluding hydrogens is 937 g/mol. The van der Waals surface area contributed by atoms with E-state index in [0.29, 0.717) is 12.8 Å². The summed E-state index contributed by atoms with van der Waals surface area (Å²) in [6, 6.07) is 0. The lowest BCUT2D eigenvalue weighted by atomic mass is 9.85. The Morgan fingerprint density at radius 3 is 1.36 bits per heavy atom. The zero-order chi connectivity index (χ0) is 50.0. The minimum absolute atomic E-state index is 0.0100. The van der Waals surface area contributed by atoms with Crippen LogP contribution in [-0.4, -0.2) is 108 Å². The first-order chi connectivity index (χ1) is 31.8. The van der Waals surface area contributed by atoms with Gasteiger partial charge in [-0.25, -0.2) is 13.7 Å². The Bertz CT molecular complexity index is 1550. The van der Waals surface area contributed by atoms with E-state index in [1.165, 1.54) is 44.9 Å². The number of aliphatic hydroxyl groups excluding tert-OH is 3. The minimum Gasteiger partial charge on any atom is -0.462 e. The number of unbranched alkanes of at least 4 members (excludes halogenated alkanes) is 19. The SMILES string of the molecule is CCCCCC=CCC=CCCCCCCCC(=O)OC[C@H](COP(=O)(O)O[C@H]1C(O)C(O)C(OP(=O)(O)O)[C@@H](OP(=O)(O)O)C1O)OC(=O)CCCCCCCCCC=CCCCCCC. The van der Waals surface area contributed by atoms with Crippen LogP contribution in [0.4, 0.5) is 0 Å². The van der Waals surface area contributed by atoms with Crippen LogP contribution in [0, 0.1) is 0 Å². The lowest BCUT2D eigenvalue weighted by Crippen LogP contribution is -2.65. The number of hydrogen-bond acceptors (Lipinski definition) is 14. The highest BCUT2D eigenvalue weighted by Gasteiger charge is 2.56. The van der Waals surface area contributed by atoms with Gasteiger partial charge in [0.25, 0.3) is 0 Å². The van der Waals surface area contributed by atoms with Crippen LogP contribution in [0.15, 0.2) is 36.5 Å². The summed E-state index contributed by atoms with van der Waals surface area (Å²) >= 11 is 0. The molecule has 0 radical (unpaired) electrons. The van der Waals surface area contributed by atoms with Gasteiger partial charge in [-0.15, -0.1) is 0 Å². The van der Waals surface area contributed by atoms with Crippen molar-refractivity contribution >= 4 is 35.4 Å². The molecule has 0 saturated heterocycles. The van der Waals surface area contributed by atoms with Gasteiger partial charge in [0.05, 0.1) is 6.61 Å². The molecule has 67 heavy (non-hydrogen) atoms. The van der Waals surface area contributed by atoms with Gasteiger partial charge in [0.15, 0.2) is 6.10 Å². The van der Waals surface area contributed by atoms with Gasteiger partial charge in [0, 0.05) is 12.8 Å². The predicted octanol–water partition coefficient (Wildman–Crippen LogP) is 8.85. The Kier molecular flexibility index (Phi) is 35.2. The van der Waals surface area contributed by atoms with Crippen LogP contribution >= 0.6 is 23.5 Å². The molecule has 19 nitrogen and oxygen atoms in total. The van der Waals surface area contributed by atoms with Crippen molar-refractivity contribution < 1.29 is 90.6 Å². The van der Waals surface area contributed by atoms with Gasteiger partial charge in [-0.1, -0.05) is 134 Å². The molecule has 1 rings (SSSR count). The highest BCUT2D eigenvalue weighted by Crippen LogP contribution is 2.51. The van der Waals surface area contributed by atoms with E-state index in [4.69, 9.17) is 18.5 Å². The second kappa shape index (κ2) is 37.2. The molecule has 5 unspecified atom stereocenters. The maximum atomic E-state index is 13.1. The van der Waals surface area contributed by atoms with E-state index in [-0.39, 0.29) is 12.8 Å². The fraction of sp³-hybridized carbons (Fsp3) is 0.822. The number of hydrogen-bond donors (Lipinski definition) is 8. The number of phosphoric acid groups is 3. The fourth-order valence-corrected chi connectivity index (χ4v) is 9.35. The van der Waals surface area contributed by atoms with Gasteiger partial charge in [-0.2, -0.15) is 0 Å². The van der Waals surface area contributed by atoms with Gasteiger partial charge < -0.3 is 49.3 Å². The summed E-state index contributed by atoms with van der Waals surface area (Å²) in [5.41, 5.74) is 0. The molecule has 8 N–H and O–H groups in total. The normalized spacial score (nSPS) is 21.9. The van der Waals surface area contributed by atoms with Gasteiger partial charge in [0.2, 0.25) is 0 Å². The number of esters is 2. The molecule has 0 spiro atoms. The van der Waals surface area contributed by atoms with E-state index in [9.17, 15) is 63.1 Å². The number of phosphoric ester groups is 3. The van der Waals surface area contributed by atoms with Crippen LogP contribution in [0.5, 0.6) is 0 Å². The molecule has 1 fully saturated rings. The largest absolute Gasteiger partial charge is 0.472 e. The Hall–Kier alpha value is -1.63. The monoisotopic (exact) mass is 1020 g/mol. The summed E-state index contributed by atoms with van der Waals surface area (Å²) < 4.78 is 65.5. The standard InChI is InChI=1S/C45H83O19P3/c1-3-5-7-9-11-13-15-17-19-21-23-25-27-29-31-33-38(46)59-35-37(61-39(47)34-32-30-28-26-24-22-20-18-16-14-12-10-8-6-4-2)36-60-67(57,58)64-43-40(48)41(49)44(62-65(51,52)53)45(42(43)50)63-66(54,55)56/h11,13-14,16-17,19,37,40-45,48-50H,3-10,12,15,18,20-36H2,1-2H3,(H,57,58)(H2,51,52,53)(H2,54,55,56)/t37-,40?,41?,42?,43+,44?,45+/m1/s1. The van der Waals surface area contributed by atoms with Crippen molar-refractivity contribution in [2.75, 3.05) is 13.2 Å². The maximum Gasteiger partial charge on any atom is 0.472 e. The Morgan fingerprint density at radius 1 is 0.478 bits per heavy atom. The minimum atomic E-state index is -5.60.